The molecule has 4 nitrogen and oxygen atoms in total. The van der Waals surface area contributed by atoms with Crippen LogP contribution in [-0.2, 0) is 6.42 Å². The first-order chi connectivity index (χ1) is 9.19. The Labute approximate surface area is 114 Å². The predicted molar refractivity (Wildman–Crippen MR) is 71.4 cm³/mol. The third-order valence-corrected chi connectivity index (χ3v) is 5.50. The van der Waals surface area contributed by atoms with Crippen molar-refractivity contribution < 1.29 is 4.52 Å². The Morgan fingerprint density at radius 2 is 1.79 bits per heavy atom. The molecule has 4 fully saturated rings. The molecule has 1 heterocycles. The molecule has 5 rings (SSSR count). The molecule has 4 aliphatic carbocycles. The van der Waals surface area contributed by atoms with Gasteiger partial charge in [-0.05, 0) is 62.7 Å². The highest BCUT2D eigenvalue weighted by atomic mass is 16.5. The quantitative estimate of drug-likeness (QED) is 0.908. The first kappa shape index (κ1) is 11.9. The minimum atomic E-state index is 0.101. The predicted octanol–water partition coefficient (Wildman–Crippen LogP) is 2.50. The molecule has 4 aliphatic rings. The summed E-state index contributed by atoms with van der Waals surface area (Å²) in [6, 6.07) is 0.101. The second-order valence-corrected chi connectivity index (χ2v) is 7.19. The maximum Gasteiger partial charge on any atom is 0.230 e. The molecule has 4 bridgehead atoms. The van der Waals surface area contributed by atoms with Crippen LogP contribution in [0.1, 0.15) is 56.7 Å². The van der Waals surface area contributed by atoms with Crippen molar-refractivity contribution in [2.24, 2.45) is 29.4 Å². The van der Waals surface area contributed by atoms with Gasteiger partial charge in [0.2, 0.25) is 5.89 Å². The van der Waals surface area contributed by atoms with E-state index in [9.17, 15) is 0 Å². The van der Waals surface area contributed by atoms with E-state index >= 15 is 0 Å². The Morgan fingerprint density at radius 1 is 1.16 bits per heavy atom. The first-order valence-electron chi connectivity index (χ1n) is 7.77. The van der Waals surface area contributed by atoms with E-state index in [0.29, 0.717) is 5.92 Å². The highest BCUT2D eigenvalue weighted by molar-refractivity contribution is 5.09. The third-order valence-electron chi connectivity index (χ3n) is 5.50. The van der Waals surface area contributed by atoms with Gasteiger partial charge in [-0.25, -0.2) is 0 Å². The zero-order chi connectivity index (χ0) is 13.0. The molecule has 4 heteroatoms. The van der Waals surface area contributed by atoms with Crippen LogP contribution in [0.3, 0.4) is 0 Å². The first-order valence-corrected chi connectivity index (χ1v) is 7.77. The molecule has 1 aromatic rings. The summed E-state index contributed by atoms with van der Waals surface area (Å²) in [6.07, 6.45) is 7.77. The van der Waals surface area contributed by atoms with Crippen molar-refractivity contribution in [1.29, 1.82) is 0 Å². The van der Waals surface area contributed by atoms with E-state index in [-0.39, 0.29) is 6.04 Å². The lowest BCUT2D eigenvalue weighted by atomic mass is 9.52. The fraction of sp³-hybridized carbons (Fsp3) is 0.867. The van der Waals surface area contributed by atoms with Crippen molar-refractivity contribution in [2.75, 3.05) is 0 Å². The van der Waals surface area contributed by atoms with Gasteiger partial charge in [0.25, 0.3) is 0 Å². The van der Waals surface area contributed by atoms with E-state index in [4.69, 9.17) is 10.3 Å². The lowest BCUT2D eigenvalue weighted by Gasteiger charge is -2.53. The number of rotatable bonds is 3. The number of nitrogens with two attached hydrogens (primary N) is 1. The molecular formula is C15H23N3O. The maximum atomic E-state index is 5.81. The van der Waals surface area contributed by atoms with Crippen LogP contribution in [0.15, 0.2) is 4.52 Å². The molecule has 1 atom stereocenters. The summed E-state index contributed by atoms with van der Waals surface area (Å²) in [5.41, 5.74) is 5.81. The molecular weight excluding hydrogens is 238 g/mol. The van der Waals surface area contributed by atoms with Crippen molar-refractivity contribution in [2.45, 2.75) is 57.4 Å². The second-order valence-electron chi connectivity index (χ2n) is 7.19. The Balaban J connectivity index is 1.57. The van der Waals surface area contributed by atoms with E-state index < -0.39 is 0 Å². The van der Waals surface area contributed by atoms with Gasteiger partial charge in [-0.2, -0.15) is 4.98 Å². The largest absolute Gasteiger partial charge is 0.339 e. The van der Waals surface area contributed by atoms with Gasteiger partial charge in [-0.15, -0.1) is 0 Å². The Kier molecular flexibility index (Phi) is 2.69. The van der Waals surface area contributed by atoms with Crippen LogP contribution in [0.5, 0.6) is 0 Å². The Hall–Kier alpha value is -0.900. The van der Waals surface area contributed by atoms with E-state index in [1.807, 2.05) is 6.92 Å². The molecule has 0 spiro atoms. The number of hydrogen-bond acceptors (Lipinski definition) is 4. The van der Waals surface area contributed by atoms with E-state index in [2.05, 4.69) is 10.1 Å². The molecule has 1 aromatic heterocycles. The lowest BCUT2D eigenvalue weighted by Crippen LogP contribution is -2.43. The molecule has 0 radical (unpaired) electrons. The summed E-state index contributed by atoms with van der Waals surface area (Å²) in [6.45, 7) is 1.99. The molecule has 19 heavy (non-hydrogen) atoms. The van der Waals surface area contributed by atoms with Gasteiger partial charge in [0, 0.05) is 18.4 Å². The molecule has 0 saturated heterocycles. The summed E-state index contributed by atoms with van der Waals surface area (Å²) in [7, 11) is 0. The zero-order valence-electron chi connectivity index (χ0n) is 11.6. The molecule has 2 N–H and O–H groups in total. The molecule has 1 unspecified atom stereocenters. The molecule has 104 valence electrons. The van der Waals surface area contributed by atoms with Crippen LogP contribution in [0.2, 0.25) is 0 Å². The Bertz CT molecular complexity index is 440. The van der Waals surface area contributed by atoms with Crippen molar-refractivity contribution in [3.63, 3.8) is 0 Å². The number of hydrogen-bond donors (Lipinski definition) is 1. The molecule has 0 aliphatic heterocycles. The zero-order valence-corrected chi connectivity index (χ0v) is 11.6. The second kappa shape index (κ2) is 4.30. The number of aromatic nitrogens is 2. The van der Waals surface area contributed by atoms with Crippen LogP contribution in [0.4, 0.5) is 0 Å². The normalized spacial score (nSPS) is 41.7. The van der Waals surface area contributed by atoms with Gasteiger partial charge in [0.15, 0.2) is 5.82 Å². The highest BCUT2D eigenvalue weighted by Gasteiger charge is 2.50. The average Bonchev–Trinajstić information content (AvgIpc) is 2.75. The topological polar surface area (TPSA) is 64.9 Å². The third kappa shape index (κ3) is 2.00. The minimum absolute atomic E-state index is 0.101. The van der Waals surface area contributed by atoms with E-state index in [1.54, 1.807) is 0 Å². The van der Waals surface area contributed by atoms with Gasteiger partial charge in [-0.3, -0.25) is 0 Å². The van der Waals surface area contributed by atoms with Crippen molar-refractivity contribution in [3.05, 3.63) is 11.7 Å². The van der Waals surface area contributed by atoms with Crippen LogP contribution in [-0.4, -0.2) is 16.2 Å². The summed E-state index contributed by atoms with van der Waals surface area (Å²) in [5, 5.41) is 4.12. The van der Waals surface area contributed by atoms with Gasteiger partial charge in [-0.1, -0.05) is 5.16 Å². The van der Waals surface area contributed by atoms with Gasteiger partial charge < -0.3 is 10.3 Å². The lowest BCUT2D eigenvalue weighted by molar-refractivity contribution is -0.0131. The standard InChI is InChI=1S/C15H23N3O/c1-8(16)2-13-17-15(19-18-13)14-11-4-9-3-10(6-11)7-12(14)5-9/h8-12,14H,2-7,16H2,1H3. The summed E-state index contributed by atoms with van der Waals surface area (Å²) in [4.78, 5) is 4.64. The molecule has 0 amide bonds. The summed E-state index contributed by atoms with van der Waals surface area (Å²) >= 11 is 0. The van der Waals surface area contributed by atoms with Gasteiger partial charge >= 0.3 is 0 Å². The van der Waals surface area contributed by atoms with E-state index in [1.165, 1.54) is 32.1 Å². The molecule has 0 aromatic carbocycles. The van der Waals surface area contributed by atoms with Gasteiger partial charge in [0.1, 0.15) is 0 Å². The average molecular weight is 261 g/mol. The van der Waals surface area contributed by atoms with Crippen LogP contribution >= 0.6 is 0 Å². The SMILES string of the molecule is CC(N)Cc1noc(C2C3CC4CC(C3)CC2C4)n1. The van der Waals surface area contributed by atoms with E-state index in [0.717, 1.165) is 41.8 Å². The minimum Gasteiger partial charge on any atom is -0.339 e. The monoisotopic (exact) mass is 261 g/mol. The highest BCUT2D eigenvalue weighted by Crippen LogP contribution is 2.59. The van der Waals surface area contributed by atoms with Crippen molar-refractivity contribution >= 4 is 0 Å². The fourth-order valence-electron chi connectivity index (χ4n) is 5.10. The summed E-state index contributed by atoms with van der Waals surface area (Å²) in [5.74, 6) is 5.83. The molecule has 4 saturated carbocycles. The van der Waals surface area contributed by atoms with Crippen LogP contribution in [0, 0.1) is 23.7 Å². The van der Waals surface area contributed by atoms with Crippen LogP contribution in [0.25, 0.3) is 0 Å². The van der Waals surface area contributed by atoms with Crippen molar-refractivity contribution in [3.8, 4) is 0 Å². The van der Waals surface area contributed by atoms with Crippen molar-refractivity contribution in [1.82, 2.24) is 10.1 Å². The Morgan fingerprint density at radius 3 is 2.37 bits per heavy atom. The smallest absolute Gasteiger partial charge is 0.230 e. The summed E-state index contributed by atoms with van der Waals surface area (Å²) < 4.78 is 5.57. The fourth-order valence-corrected chi connectivity index (χ4v) is 5.10. The maximum absolute atomic E-state index is 5.81. The number of nitrogens with zero attached hydrogens (tertiary/aromatic N) is 2. The van der Waals surface area contributed by atoms with Gasteiger partial charge in [0.05, 0.1) is 0 Å². The van der Waals surface area contributed by atoms with Crippen LogP contribution < -0.4 is 5.73 Å².